The van der Waals surface area contributed by atoms with Crippen LogP contribution in [0.1, 0.15) is 31.7 Å². The summed E-state index contributed by atoms with van der Waals surface area (Å²) in [6.45, 7) is 4.46. The molecule has 0 radical (unpaired) electrons. The maximum absolute atomic E-state index is 11.7. The number of rotatable bonds is 4. The summed E-state index contributed by atoms with van der Waals surface area (Å²) < 4.78 is 0. The van der Waals surface area contributed by atoms with E-state index in [1.54, 1.807) is 6.92 Å². The van der Waals surface area contributed by atoms with Gasteiger partial charge in [0.25, 0.3) is 5.91 Å². The number of carboxylic acids is 1. The lowest BCUT2D eigenvalue weighted by Crippen LogP contribution is -2.41. The average molecular weight is 296 g/mol. The first-order chi connectivity index (χ1) is 9.32. The monoisotopic (exact) mass is 296 g/mol. The molecular formula is C13H16N2O4S. The molecule has 0 fully saturated rings. The molecule has 0 aliphatic rings. The molecule has 7 heteroatoms. The molecule has 1 unspecified atom stereocenters. The van der Waals surface area contributed by atoms with Gasteiger partial charge < -0.3 is 10.4 Å². The predicted octanol–water partition coefficient (Wildman–Crippen LogP) is 2.06. The molecule has 0 bridgehead atoms. The van der Waals surface area contributed by atoms with Crippen molar-refractivity contribution < 1.29 is 19.5 Å². The van der Waals surface area contributed by atoms with Crippen LogP contribution in [0.25, 0.3) is 0 Å². The van der Waals surface area contributed by atoms with Gasteiger partial charge in [0.05, 0.1) is 6.04 Å². The second-order valence-corrected chi connectivity index (χ2v) is 5.20. The maximum Gasteiger partial charge on any atom is 0.331 e. The van der Waals surface area contributed by atoms with Crippen LogP contribution in [0.5, 0.6) is 0 Å². The van der Waals surface area contributed by atoms with E-state index in [9.17, 15) is 14.4 Å². The van der Waals surface area contributed by atoms with E-state index in [0.29, 0.717) is 0 Å². The average Bonchev–Trinajstić information content (AvgIpc) is 2.90. The van der Waals surface area contributed by atoms with Gasteiger partial charge in [-0.3, -0.25) is 10.1 Å². The Morgan fingerprint density at radius 2 is 1.90 bits per heavy atom. The minimum atomic E-state index is -1.19. The summed E-state index contributed by atoms with van der Waals surface area (Å²) in [6, 6.07) is 2.85. The first-order valence-corrected chi connectivity index (χ1v) is 6.77. The maximum atomic E-state index is 11.7. The van der Waals surface area contributed by atoms with Crippen molar-refractivity contribution in [1.29, 1.82) is 0 Å². The van der Waals surface area contributed by atoms with Crippen LogP contribution >= 0.6 is 11.3 Å². The van der Waals surface area contributed by atoms with Crippen molar-refractivity contribution in [3.05, 3.63) is 33.5 Å². The lowest BCUT2D eigenvalue weighted by molar-refractivity contribution is -0.133. The van der Waals surface area contributed by atoms with Crippen molar-refractivity contribution in [3.63, 3.8) is 0 Å². The van der Waals surface area contributed by atoms with Gasteiger partial charge in [-0.2, -0.15) is 0 Å². The topological polar surface area (TPSA) is 95.5 Å². The second-order valence-electron chi connectivity index (χ2n) is 4.22. The van der Waals surface area contributed by atoms with Crippen LogP contribution in [0.2, 0.25) is 0 Å². The Balaban J connectivity index is 2.61. The summed E-state index contributed by atoms with van der Waals surface area (Å²) in [5.74, 6) is -1.91. The van der Waals surface area contributed by atoms with Crippen molar-refractivity contribution in [2.75, 3.05) is 0 Å². The molecule has 1 aromatic heterocycles. The van der Waals surface area contributed by atoms with Gasteiger partial charge in [0.2, 0.25) is 0 Å². The Kier molecular flexibility index (Phi) is 5.45. The third-order valence-electron chi connectivity index (χ3n) is 2.77. The van der Waals surface area contributed by atoms with Gasteiger partial charge in [-0.25, -0.2) is 9.59 Å². The van der Waals surface area contributed by atoms with Gasteiger partial charge in [-0.05, 0) is 32.2 Å². The quantitative estimate of drug-likeness (QED) is 0.741. The normalized spacial score (nSPS) is 13.2. The number of imide groups is 1. The van der Waals surface area contributed by atoms with Gasteiger partial charge >= 0.3 is 12.0 Å². The standard InChI is InChI=1S/C13H16N2O4S/c1-7(8(2)12(17)18)11(16)15-13(19)14-9(3)10-5-4-6-20-10/h4-6,9H,1-3H3,(H,17,18)(H2,14,15,16,19). The molecule has 1 heterocycles. The molecule has 0 aliphatic heterocycles. The zero-order chi connectivity index (χ0) is 15.3. The summed E-state index contributed by atoms with van der Waals surface area (Å²) >= 11 is 1.49. The number of nitrogens with one attached hydrogen (secondary N) is 2. The minimum absolute atomic E-state index is 0.00331. The van der Waals surface area contributed by atoms with E-state index >= 15 is 0 Å². The van der Waals surface area contributed by atoms with E-state index in [-0.39, 0.29) is 17.2 Å². The lowest BCUT2D eigenvalue weighted by Gasteiger charge is -2.13. The Bertz CT molecular complexity index is 549. The highest BCUT2D eigenvalue weighted by Gasteiger charge is 2.16. The van der Waals surface area contributed by atoms with E-state index in [1.807, 2.05) is 17.5 Å². The second kappa shape index (κ2) is 6.85. The van der Waals surface area contributed by atoms with Crippen molar-refractivity contribution >= 4 is 29.2 Å². The highest BCUT2D eigenvalue weighted by Crippen LogP contribution is 2.17. The summed E-state index contributed by atoms with van der Waals surface area (Å²) in [6.07, 6.45) is 0. The molecule has 1 atom stereocenters. The summed E-state index contributed by atoms with van der Waals surface area (Å²) in [7, 11) is 0. The van der Waals surface area contributed by atoms with E-state index in [0.717, 1.165) is 4.88 Å². The fraction of sp³-hybridized carbons (Fsp3) is 0.308. The number of carboxylic acid groups (broad SMARTS) is 1. The smallest absolute Gasteiger partial charge is 0.331 e. The number of carbonyl (C=O) groups excluding carboxylic acids is 2. The largest absolute Gasteiger partial charge is 0.478 e. The molecular weight excluding hydrogens is 280 g/mol. The number of hydrogen-bond donors (Lipinski definition) is 3. The summed E-state index contributed by atoms with van der Waals surface area (Å²) in [4.78, 5) is 35.0. The van der Waals surface area contributed by atoms with Gasteiger partial charge in [-0.15, -0.1) is 11.3 Å². The first kappa shape index (κ1) is 15.9. The van der Waals surface area contributed by atoms with Crippen molar-refractivity contribution in [1.82, 2.24) is 10.6 Å². The van der Waals surface area contributed by atoms with Crippen molar-refractivity contribution in [2.45, 2.75) is 26.8 Å². The fourth-order valence-corrected chi connectivity index (χ4v) is 2.10. The highest BCUT2D eigenvalue weighted by atomic mass is 32.1. The van der Waals surface area contributed by atoms with E-state index in [4.69, 9.17) is 5.11 Å². The molecule has 108 valence electrons. The number of hydrogen-bond acceptors (Lipinski definition) is 4. The molecule has 1 aromatic rings. The van der Waals surface area contributed by atoms with Gasteiger partial charge in [-0.1, -0.05) is 6.07 Å². The molecule has 0 spiro atoms. The van der Waals surface area contributed by atoms with E-state index < -0.39 is 17.9 Å². The number of urea groups is 1. The Labute approximate surface area is 120 Å². The third kappa shape index (κ3) is 4.20. The molecule has 1 rings (SSSR count). The fourth-order valence-electron chi connectivity index (χ4n) is 1.37. The zero-order valence-electron chi connectivity index (χ0n) is 11.4. The van der Waals surface area contributed by atoms with Gasteiger partial charge in [0.15, 0.2) is 0 Å². The molecule has 6 nitrogen and oxygen atoms in total. The zero-order valence-corrected chi connectivity index (χ0v) is 12.2. The van der Waals surface area contributed by atoms with Crippen molar-refractivity contribution in [3.8, 4) is 0 Å². The molecule has 20 heavy (non-hydrogen) atoms. The lowest BCUT2D eigenvalue weighted by atomic mass is 10.1. The Morgan fingerprint density at radius 3 is 2.40 bits per heavy atom. The van der Waals surface area contributed by atoms with E-state index in [2.05, 4.69) is 10.6 Å². The number of aliphatic carboxylic acids is 1. The SMILES string of the molecule is CC(C(=O)O)=C(C)C(=O)NC(=O)NC(C)c1cccs1. The minimum Gasteiger partial charge on any atom is -0.478 e. The Morgan fingerprint density at radius 1 is 1.25 bits per heavy atom. The highest BCUT2D eigenvalue weighted by molar-refractivity contribution is 7.10. The van der Waals surface area contributed by atoms with Crippen LogP contribution < -0.4 is 10.6 Å². The van der Waals surface area contributed by atoms with Crippen molar-refractivity contribution in [2.24, 2.45) is 0 Å². The number of thiophene rings is 1. The Hall–Kier alpha value is -2.15. The molecule has 3 amide bonds. The third-order valence-corrected chi connectivity index (χ3v) is 3.82. The van der Waals surface area contributed by atoms with Crippen LogP contribution in [0, 0.1) is 0 Å². The molecule has 0 saturated heterocycles. The van der Waals surface area contributed by atoms with Crippen LogP contribution in [-0.2, 0) is 9.59 Å². The van der Waals surface area contributed by atoms with Gasteiger partial charge in [0.1, 0.15) is 0 Å². The number of carbonyl (C=O) groups is 3. The predicted molar refractivity (Wildman–Crippen MR) is 75.4 cm³/mol. The van der Waals surface area contributed by atoms with E-state index in [1.165, 1.54) is 25.2 Å². The van der Waals surface area contributed by atoms with Crippen LogP contribution in [0.4, 0.5) is 4.79 Å². The first-order valence-electron chi connectivity index (χ1n) is 5.89. The number of amides is 3. The molecule has 0 aliphatic carbocycles. The van der Waals surface area contributed by atoms with Crippen LogP contribution in [-0.4, -0.2) is 23.0 Å². The van der Waals surface area contributed by atoms with Gasteiger partial charge in [0, 0.05) is 16.0 Å². The van der Waals surface area contributed by atoms with Crippen LogP contribution in [0.3, 0.4) is 0 Å². The molecule has 0 aromatic carbocycles. The molecule has 3 N–H and O–H groups in total. The summed E-state index contributed by atoms with van der Waals surface area (Å²) in [5, 5.41) is 15.4. The molecule has 0 saturated carbocycles. The van der Waals surface area contributed by atoms with Crippen LogP contribution in [0.15, 0.2) is 28.7 Å². The summed E-state index contributed by atoms with van der Waals surface area (Å²) in [5.41, 5.74) is -0.0990.